The SMILES string of the molecule is N#Cc1c[nH]c2c(N3CCC[C@@H](c4ccc(N5CC6(CCC(CN7CCC(n8ccc9c(N%10CCC(=O)NC%10=O)cccc98)CC7)CC6)C5)cc4)C3)ccc(Cl)c12. The van der Waals surface area contributed by atoms with E-state index in [1.165, 1.54) is 68.5 Å². The fraction of sp³-hybridized carbons (Fsp3) is 0.457. The van der Waals surface area contributed by atoms with Crippen molar-refractivity contribution in [2.45, 2.75) is 69.7 Å². The highest BCUT2D eigenvalue weighted by Crippen LogP contribution is 2.48. The monoisotopic (exact) mass is 782 g/mol. The zero-order chi connectivity index (χ0) is 38.7. The van der Waals surface area contributed by atoms with E-state index < -0.39 is 0 Å². The zero-order valence-corrected chi connectivity index (χ0v) is 33.3. The Bertz CT molecular complexity index is 2350. The first-order chi connectivity index (χ1) is 27.8. The summed E-state index contributed by atoms with van der Waals surface area (Å²) in [6, 6.07) is 24.2. The lowest BCUT2D eigenvalue weighted by molar-refractivity contribution is -0.120. The minimum absolute atomic E-state index is 0.204. The van der Waals surface area contributed by atoms with E-state index in [9.17, 15) is 14.9 Å². The number of rotatable bonds is 7. The van der Waals surface area contributed by atoms with E-state index >= 15 is 0 Å². The summed E-state index contributed by atoms with van der Waals surface area (Å²) in [4.78, 5) is 37.1. The van der Waals surface area contributed by atoms with Crippen LogP contribution in [0.4, 0.5) is 21.9 Å². The van der Waals surface area contributed by atoms with Gasteiger partial charge in [0.15, 0.2) is 0 Å². The maximum atomic E-state index is 12.6. The van der Waals surface area contributed by atoms with Crippen LogP contribution in [0.5, 0.6) is 0 Å². The van der Waals surface area contributed by atoms with Gasteiger partial charge in [-0.05, 0) is 105 Å². The molecule has 2 aromatic heterocycles. The van der Waals surface area contributed by atoms with E-state index in [0.29, 0.717) is 40.9 Å². The van der Waals surface area contributed by atoms with Crippen molar-refractivity contribution in [1.29, 1.82) is 5.26 Å². The predicted molar refractivity (Wildman–Crippen MR) is 227 cm³/mol. The molecule has 5 aromatic rings. The van der Waals surface area contributed by atoms with Crippen LogP contribution in [0.1, 0.15) is 80.9 Å². The number of aromatic amines is 1. The molecule has 0 unspecified atom stereocenters. The lowest BCUT2D eigenvalue weighted by Gasteiger charge is -2.55. The highest BCUT2D eigenvalue weighted by atomic mass is 35.5. The number of carbonyl (C=O) groups excluding carboxylic acids is 2. The van der Waals surface area contributed by atoms with Crippen molar-refractivity contribution in [3.05, 3.63) is 89.2 Å². The lowest BCUT2D eigenvalue weighted by atomic mass is 9.65. The van der Waals surface area contributed by atoms with Gasteiger partial charge >= 0.3 is 6.03 Å². The Balaban J connectivity index is 0.695. The molecule has 1 saturated carbocycles. The Morgan fingerprint density at radius 3 is 2.44 bits per heavy atom. The summed E-state index contributed by atoms with van der Waals surface area (Å²) < 4.78 is 2.42. The number of likely N-dealkylation sites (tertiary alicyclic amines) is 1. The van der Waals surface area contributed by atoms with Crippen LogP contribution in [-0.4, -0.2) is 78.7 Å². The number of nitriles is 1. The van der Waals surface area contributed by atoms with E-state index in [1.807, 2.05) is 18.2 Å². The van der Waals surface area contributed by atoms with Gasteiger partial charge < -0.3 is 24.3 Å². The number of fused-ring (bicyclic) bond motifs is 2. The number of amides is 3. The largest absolute Gasteiger partial charge is 0.370 e. The number of aromatic nitrogens is 2. The Kier molecular flexibility index (Phi) is 9.41. The number of H-pyrrole nitrogens is 1. The molecule has 0 bridgehead atoms. The summed E-state index contributed by atoms with van der Waals surface area (Å²) in [7, 11) is 0. The minimum atomic E-state index is -0.329. The van der Waals surface area contributed by atoms with Crippen LogP contribution in [0.15, 0.2) is 73.1 Å². The van der Waals surface area contributed by atoms with Crippen LogP contribution < -0.4 is 20.0 Å². The van der Waals surface area contributed by atoms with Crippen molar-refractivity contribution in [3.8, 4) is 6.07 Å². The van der Waals surface area contributed by atoms with Crippen molar-refractivity contribution in [2.75, 3.05) is 67.1 Å². The molecule has 5 aliphatic rings. The molecule has 3 amide bonds. The minimum Gasteiger partial charge on any atom is -0.370 e. The van der Waals surface area contributed by atoms with E-state index in [0.717, 1.165) is 79.0 Å². The van der Waals surface area contributed by atoms with Gasteiger partial charge in [-0.15, -0.1) is 0 Å². The average Bonchev–Trinajstić information content (AvgIpc) is 3.87. The van der Waals surface area contributed by atoms with Gasteiger partial charge in [0, 0.05) is 105 Å². The molecule has 6 heterocycles. The standard InChI is InChI=1S/C46H51ClN8O2/c47-38-10-11-41(44-43(38)34(25-48)26-49-44)52-20-2-3-33(28-52)32-6-8-35(9-7-32)53-29-46(30-53)18-12-31(13-19-46)27-51-21-14-36(15-22-51)54-23-16-37-39(54)4-1-5-40(37)55-24-17-42(56)50-45(55)57/h1,4-11,16,23,26,31,33,36,49H,2-3,12-15,17-22,24,27-30H2,(H,50,56,57)/t33-/m1/s1. The quantitative estimate of drug-likeness (QED) is 0.171. The van der Waals surface area contributed by atoms with E-state index in [1.54, 1.807) is 11.1 Å². The van der Waals surface area contributed by atoms with Gasteiger partial charge in [0.05, 0.1) is 33.0 Å². The maximum absolute atomic E-state index is 12.6. The van der Waals surface area contributed by atoms with Crippen molar-refractivity contribution >= 4 is 62.4 Å². The average molecular weight is 783 g/mol. The molecule has 1 spiro atoms. The van der Waals surface area contributed by atoms with Crippen LogP contribution >= 0.6 is 11.6 Å². The van der Waals surface area contributed by atoms with E-state index in [-0.39, 0.29) is 11.9 Å². The van der Waals surface area contributed by atoms with Crippen molar-refractivity contribution < 1.29 is 9.59 Å². The summed E-state index contributed by atoms with van der Waals surface area (Å²) in [5.41, 5.74) is 7.99. The van der Waals surface area contributed by atoms with Crippen molar-refractivity contribution in [2.24, 2.45) is 11.3 Å². The second-order valence-corrected chi connectivity index (χ2v) is 17.9. The molecule has 0 radical (unpaired) electrons. The number of benzene rings is 3. The summed E-state index contributed by atoms with van der Waals surface area (Å²) in [6.07, 6.45) is 14.3. The van der Waals surface area contributed by atoms with Gasteiger partial charge in [-0.1, -0.05) is 29.8 Å². The maximum Gasteiger partial charge on any atom is 0.328 e. The second kappa shape index (κ2) is 14.8. The number of carbonyl (C=O) groups is 2. The van der Waals surface area contributed by atoms with Gasteiger partial charge in [-0.2, -0.15) is 5.26 Å². The molecule has 4 aliphatic heterocycles. The predicted octanol–water partition coefficient (Wildman–Crippen LogP) is 8.81. The summed E-state index contributed by atoms with van der Waals surface area (Å²) in [5, 5.41) is 14.6. The fourth-order valence-electron chi connectivity index (χ4n) is 11.0. The number of nitrogens with zero attached hydrogens (tertiary/aromatic N) is 6. The van der Waals surface area contributed by atoms with Crippen molar-refractivity contribution in [1.82, 2.24) is 19.8 Å². The van der Waals surface area contributed by atoms with Crippen LogP contribution in [0.25, 0.3) is 21.8 Å². The summed E-state index contributed by atoms with van der Waals surface area (Å²) in [5.74, 6) is 1.06. The number of imide groups is 1. The van der Waals surface area contributed by atoms with Crippen LogP contribution in [0.2, 0.25) is 5.02 Å². The molecule has 1 atom stereocenters. The Morgan fingerprint density at radius 2 is 1.67 bits per heavy atom. The fourth-order valence-corrected chi connectivity index (χ4v) is 11.2. The number of nitrogens with one attached hydrogen (secondary N) is 2. The number of piperidine rings is 2. The molecule has 10 nitrogen and oxygen atoms in total. The first-order valence-electron chi connectivity index (χ1n) is 21.1. The van der Waals surface area contributed by atoms with Gasteiger partial charge in [-0.25, -0.2) is 4.79 Å². The topological polar surface area (TPSA) is 104 Å². The Labute approximate surface area is 339 Å². The Morgan fingerprint density at radius 1 is 0.860 bits per heavy atom. The van der Waals surface area contributed by atoms with Gasteiger partial charge in [0.25, 0.3) is 0 Å². The van der Waals surface area contributed by atoms with Gasteiger partial charge in [0.2, 0.25) is 5.91 Å². The molecule has 5 fully saturated rings. The van der Waals surface area contributed by atoms with Gasteiger partial charge in [0.1, 0.15) is 6.07 Å². The third kappa shape index (κ3) is 6.72. The third-order valence-electron chi connectivity index (χ3n) is 14.1. The van der Waals surface area contributed by atoms with Crippen LogP contribution in [0.3, 0.4) is 0 Å². The first-order valence-corrected chi connectivity index (χ1v) is 21.5. The first kappa shape index (κ1) is 36.4. The molecular weight excluding hydrogens is 732 g/mol. The number of hydrogen-bond acceptors (Lipinski definition) is 6. The summed E-state index contributed by atoms with van der Waals surface area (Å²) in [6.45, 7) is 8.23. The molecule has 2 N–H and O–H groups in total. The third-order valence-corrected chi connectivity index (χ3v) is 14.5. The highest BCUT2D eigenvalue weighted by molar-refractivity contribution is 6.36. The molecule has 57 heavy (non-hydrogen) atoms. The molecule has 3 aromatic carbocycles. The Hall–Kier alpha value is -4.98. The smallest absolute Gasteiger partial charge is 0.328 e. The molecule has 10 rings (SSSR count). The van der Waals surface area contributed by atoms with Crippen molar-refractivity contribution in [3.63, 3.8) is 0 Å². The number of urea groups is 1. The van der Waals surface area contributed by atoms with Crippen LogP contribution in [0, 0.1) is 22.7 Å². The molecule has 294 valence electrons. The molecule has 1 aliphatic carbocycles. The second-order valence-electron chi connectivity index (χ2n) is 17.5. The molecule has 4 saturated heterocycles. The zero-order valence-electron chi connectivity index (χ0n) is 32.6. The lowest BCUT2D eigenvalue weighted by Crippen LogP contribution is -2.58. The number of halogens is 1. The molecule has 11 heteroatoms. The van der Waals surface area contributed by atoms with E-state index in [4.69, 9.17) is 11.6 Å². The highest BCUT2D eigenvalue weighted by Gasteiger charge is 2.45. The van der Waals surface area contributed by atoms with Gasteiger partial charge in [-0.3, -0.25) is 15.0 Å². The number of hydrogen-bond donors (Lipinski definition) is 2. The summed E-state index contributed by atoms with van der Waals surface area (Å²) >= 11 is 6.51. The van der Waals surface area contributed by atoms with E-state index in [2.05, 4.69) is 84.3 Å². The number of anilines is 3. The molecular formula is C46H51ClN8O2. The normalized spacial score (nSPS) is 22.3. The van der Waals surface area contributed by atoms with Crippen LogP contribution in [-0.2, 0) is 4.79 Å².